The highest BCUT2D eigenvalue weighted by Crippen LogP contribution is 2.52. The van der Waals surface area contributed by atoms with Gasteiger partial charge in [0, 0.05) is 16.2 Å². The Balaban J connectivity index is 1.72. The molecule has 1 fully saturated rings. The van der Waals surface area contributed by atoms with E-state index in [4.69, 9.17) is 9.72 Å². The van der Waals surface area contributed by atoms with Crippen LogP contribution in [-0.2, 0) is 4.74 Å². The van der Waals surface area contributed by atoms with Crippen LogP contribution in [-0.4, -0.2) is 27.4 Å². The monoisotopic (exact) mass is 329 g/mol. The van der Waals surface area contributed by atoms with Crippen LogP contribution in [0.25, 0.3) is 32.6 Å². The molecule has 2 N–H and O–H groups in total. The second kappa shape index (κ2) is 4.55. The molecule has 0 saturated carbocycles. The lowest BCUT2D eigenvalue weighted by atomic mass is 9.85. The van der Waals surface area contributed by atoms with E-state index in [9.17, 15) is 10.2 Å². The number of fused-ring (bicyclic) bond motifs is 8. The standard InChI is InChI=1S/C21H15NO3/c23-18-13-7-8-15-14(16(13)20-21(25-20)19(18)24)9-11-6-5-10-3-1-2-4-12(10)17(11)22-15/h1-9,18-21,23-24H. The highest BCUT2D eigenvalue weighted by Gasteiger charge is 2.54. The van der Waals surface area contributed by atoms with Crippen molar-refractivity contribution in [2.24, 2.45) is 0 Å². The molecule has 0 radical (unpaired) electrons. The van der Waals surface area contributed by atoms with Gasteiger partial charge in [-0.25, -0.2) is 4.98 Å². The van der Waals surface area contributed by atoms with Crippen LogP contribution in [0.2, 0.25) is 0 Å². The van der Waals surface area contributed by atoms with Crippen LogP contribution in [0.15, 0.2) is 54.6 Å². The summed E-state index contributed by atoms with van der Waals surface area (Å²) in [7, 11) is 0. The molecular weight excluding hydrogens is 314 g/mol. The molecule has 0 spiro atoms. The number of benzene rings is 3. The Kier molecular flexibility index (Phi) is 2.50. The number of rotatable bonds is 0. The fraction of sp³-hybridized carbons (Fsp3) is 0.190. The van der Waals surface area contributed by atoms with Crippen molar-refractivity contribution in [3.05, 3.63) is 65.7 Å². The normalized spacial score (nSPS) is 27.4. The first-order valence-electron chi connectivity index (χ1n) is 8.49. The lowest BCUT2D eigenvalue weighted by Gasteiger charge is -2.24. The summed E-state index contributed by atoms with van der Waals surface area (Å²) in [6, 6.07) is 18.4. The summed E-state index contributed by atoms with van der Waals surface area (Å²) in [6.45, 7) is 0. The zero-order chi connectivity index (χ0) is 16.7. The molecule has 0 bridgehead atoms. The van der Waals surface area contributed by atoms with Gasteiger partial charge in [0.25, 0.3) is 0 Å². The minimum Gasteiger partial charge on any atom is -0.387 e. The summed E-state index contributed by atoms with van der Waals surface area (Å²) >= 11 is 0. The largest absolute Gasteiger partial charge is 0.387 e. The molecule has 6 rings (SSSR count). The van der Waals surface area contributed by atoms with Gasteiger partial charge in [-0.3, -0.25) is 0 Å². The number of hydrogen-bond donors (Lipinski definition) is 2. The number of hydrogen-bond acceptors (Lipinski definition) is 4. The molecule has 3 aromatic carbocycles. The highest BCUT2D eigenvalue weighted by molar-refractivity contribution is 6.08. The number of aliphatic hydroxyl groups excluding tert-OH is 2. The molecule has 4 heteroatoms. The van der Waals surface area contributed by atoms with E-state index in [0.29, 0.717) is 0 Å². The summed E-state index contributed by atoms with van der Waals surface area (Å²) in [6.07, 6.45) is -2.21. The van der Waals surface area contributed by atoms with Crippen molar-refractivity contribution >= 4 is 32.6 Å². The Morgan fingerprint density at radius 2 is 1.72 bits per heavy atom. The lowest BCUT2D eigenvalue weighted by molar-refractivity contribution is 0.000104. The summed E-state index contributed by atoms with van der Waals surface area (Å²) in [5, 5.41) is 24.9. The molecule has 1 aliphatic heterocycles. The first-order valence-corrected chi connectivity index (χ1v) is 8.49. The van der Waals surface area contributed by atoms with E-state index in [1.165, 1.54) is 5.39 Å². The lowest BCUT2D eigenvalue weighted by Crippen LogP contribution is -2.29. The van der Waals surface area contributed by atoms with Crippen LogP contribution in [0.1, 0.15) is 23.3 Å². The van der Waals surface area contributed by atoms with Crippen molar-refractivity contribution < 1.29 is 14.9 Å². The molecule has 122 valence electrons. The van der Waals surface area contributed by atoms with Gasteiger partial charge in [0.15, 0.2) is 0 Å². The molecule has 1 aliphatic carbocycles. The predicted octanol–water partition coefficient (Wildman–Crippen LogP) is 3.39. The van der Waals surface area contributed by atoms with Gasteiger partial charge in [0.05, 0.1) is 11.0 Å². The van der Waals surface area contributed by atoms with Crippen molar-refractivity contribution in [2.45, 2.75) is 24.4 Å². The zero-order valence-electron chi connectivity index (χ0n) is 13.3. The molecule has 2 aliphatic rings. The van der Waals surface area contributed by atoms with Crippen molar-refractivity contribution in [2.75, 3.05) is 0 Å². The molecule has 0 amide bonds. The topological polar surface area (TPSA) is 65.9 Å². The van der Waals surface area contributed by atoms with Gasteiger partial charge in [-0.2, -0.15) is 0 Å². The molecule has 4 nitrogen and oxygen atoms in total. The maximum atomic E-state index is 10.4. The molecule has 4 atom stereocenters. The van der Waals surface area contributed by atoms with Crippen LogP contribution in [0.5, 0.6) is 0 Å². The van der Waals surface area contributed by atoms with E-state index >= 15 is 0 Å². The van der Waals surface area contributed by atoms with Crippen molar-refractivity contribution in [1.82, 2.24) is 4.98 Å². The summed E-state index contributed by atoms with van der Waals surface area (Å²) in [5.74, 6) is 0. The van der Waals surface area contributed by atoms with Crippen molar-refractivity contribution in [3.8, 4) is 0 Å². The van der Waals surface area contributed by atoms with Gasteiger partial charge < -0.3 is 14.9 Å². The predicted molar refractivity (Wildman–Crippen MR) is 95.3 cm³/mol. The SMILES string of the molecule is OC1c2ccc3nc4c(ccc5ccccc54)cc3c2C2OC2C1O. The fourth-order valence-electron chi connectivity index (χ4n) is 4.24. The molecule has 1 aromatic heterocycles. The van der Waals surface area contributed by atoms with E-state index in [2.05, 4.69) is 30.3 Å². The molecule has 4 aromatic rings. The van der Waals surface area contributed by atoms with Crippen LogP contribution in [0.3, 0.4) is 0 Å². The van der Waals surface area contributed by atoms with E-state index in [1.807, 2.05) is 24.3 Å². The average Bonchev–Trinajstić information content (AvgIpc) is 3.44. The maximum Gasteiger partial charge on any atom is 0.118 e. The quantitative estimate of drug-likeness (QED) is 0.295. The van der Waals surface area contributed by atoms with E-state index in [1.54, 1.807) is 0 Å². The van der Waals surface area contributed by atoms with E-state index < -0.39 is 12.2 Å². The van der Waals surface area contributed by atoms with Crippen LogP contribution >= 0.6 is 0 Å². The third-order valence-electron chi connectivity index (χ3n) is 5.55. The van der Waals surface area contributed by atoms with Crippen LogP contribution < -0.4 is 0 Å². The van der Waals surface area contributed by atoms with Crippen molar-refractivity contribution in [3.63, 3.8) is 0 Å². The highest BCUT2D eigenvalue weighted by atomic mass is 16.6. The number of nitrogens with zero attached hydrogens (tertiary/aromatic N) is 1. The minimum absolute atomic E-state index is 0.142. The molecule has 25 heavy (non-hydrogen) atoms. The van der Waals surface area contributed by atoms with E-state index in [-0.39, 0.29) is 12.2 Å². The summed E-state index contributed by atoms with van der Waals surface area (Å²) < 4.78 is 5.64. The Morgan fingerprint density at radius 3 is 2.64 bits per heavy atom. The molecule has 4 unspecified atom stereocenters. The second-order valence-corrected chi connectivity index (χ2v) is 6.94. The zero-order valence-corrected chi connectivity index (χ0v) is 13.3. The minimum atomic E-state index is -0.907. The third-order valence-corrected chi connectivity index (χ3v) is 5.55. The Hall–Kier alpha value is -2.53. The Morgan fingerprint density at radius 1 is 0.880 bits per heavy atom. The molecule has 1 saturated heterocycles. The number of aliphatic hydroxyl groups is 2. The van der Waals surface area contributed by atoms with E-state index in [0.717, 1.165) is 38.3 Å². The van der Waals surface area contributed by atoms with Gasteiger partial charge in [-0.15, -0.1) is 0 Å². The number of epoxide rings is 1. The first-order chi connectivity index (χ1) is 12.2. The number of pyridine rings is 1. The number of ether oxygens (including phenoxy) is 1. The second-order valence-electron chi connectivity index (χ2n) is 6.94. The Labute approximate surface area is 143 Å². The van der Waals surface area contributed by atoms with Gasteiger partial charge >= 0.3 is 0 Å². The van der Waals surface area contributed by atoms with Crippen LogP contribution in [0.4, 0.5) is 0 Å². The average molecular weight is 329 g/mol. The van der Waals surface area contributed by atoms with Gasteiger partial charge in [0.2, 0.25) is 0 Å². The van der Waals surface area contributed by atoms with Crippen LogP contribution in [0, 0.1) is 0 Å². The third kappa shape index (κ3) is 1.74. The van der Waals surface area contributed by atoms with Gasteiger partial charge in [-0.1, -0.05) is 42.5 Å². The van der Waals surface area contributed by atoms with Gasteiger partial charge in [0.1, 0.15) is 24.4 Å². The maximum absolute atomic E-state index is 10.4. The molecule has 2 heterocycles. The van der Waals surface area contributed by atoms with Crippen molar-refractivity contribution in [1.29, 1.82) is 0 Å². The fourth-order valence-corrected chi connectivity index (χ4v) is 4.24. The smallest absolute Gasteiger partial charge is 0.118 e. The Bertz CT molecular complexity index is 1190. The number of aromatic nitrogens is 1. The summed E-state index contributed by atoms with van der Waals surface area (Å²) in [5.41, 5.74) is 3.60. The van der Waals surface area contributed by atoms with Gasteiger partial charge in [-0.05, 0) is 28.6 Å². The summed E-state index contributed by atoms with van der Waals surface area (Å²) in [4.78, 5) is 4.91. The first kappa shape index (κ1) is 13.7. The molecular formula is C21H15NO3.